The number of rotatable bonds is 9. The molecule has 0 saturated heterocycles. The van der Waals surface area contributed by atoms with Crippen LogP contribution in [-0.2, 0) is 21.7 Å². The van der Waals surface area contributed by atoms with E-state index in [4.69, 9.17) is 5.48 Å². The molecule has 112 heavy (non-hydrogen) atoms. The average molecular weight is 1450 g/mol. The van der Waals surface area contributed by atoms with Gasteiger partial charge in [0.05, 0.1) is 52.5 Å². The van der Waals surface area contributed by atoms with Crippen LogP contribution in [0.2, 0.25) is 0 Å². The van der Waals surface area contributed by atoms with Crippen molar-refractivity contribution in [2.24, 2.45) is 0 Å². The summed E-state index contributed by atoms with van der Waals surface area (Å²) in [4.78, 5) is 4.19. The minimum absolute atomic E-state index is 0.0330. The first-order chi connectivity index (χ1) is 58.2. The molecule has 0 atom stereocenters. The van der Waals surface area contributed by atoms with E-state index in [1.165, 1.54) is 22.3 Å². The average Bonchev–Trinajstić information content (AvgIpc) is 1.49. The van der Waals surface area contributed by atoms with Crippen molar-refractivity contribution in [1.29, 1.82) is 0 Å². The highest BCUT2D eigenvalue weighted by atomic mass is 15.1. The van der Waals surface area contributed by atoms with Crippen LogP contribution in [0.5, 0.6) is 0 Å². The van der Waals surface area contributed by atoms with Crippen LogP contribution in [0.25, 0.3) is 171 Å². The smallest absolute Gasteiger partial charge is 0.252 e. The Balaban J connectivity index is 0.929. The number of hydrogen-bond acceptors (Lipinski definition) is 1. The molecule has 2 aliphatic heterocycles. The zero-order valence-electron chi connectivity index (χ0n) is 75.0. The molecule has 0 spiro atoms. The van der Waals surface area contributed by atoms with Crippen LogP contribution in [0.1, 0.15) is 119 Å². The Hall–Kier alpha value is -12.6. The SMILES string of the molecule is [2H]c1c([2H])c([2H])c(-c2ccc3c(c2)c2cc(-c4c([2H])c([2H])c([2H])c([2H])c4[2H])cc4c2n3-c2cc3[nH]c5c(-c6ccccc6-c6ccccc6-c6ccccc6)cccc5c3c3c2B4c2cc(-n4c5ccc(C(C)(C)C)cc5c5cc(C(C)(C)C)ccc54)cc4c5cc(Nc6ccc(C(C)(C)C)cc6-c6cccc(C(C)(C)C)c6)ccc5n-3c24)c([2H])c1[2H]. The Morgan fingerprint density at radius 3 is 1.51 bits per heavy atom. The van der Waals surface area contributed by atoms with Gasteiger partial charge in [0.25, 0.3) is 6.71 Å². The maximum Gasteiger partial charge on any atom is 0.252 e. The van der Waals surface area contributed by atoms with E-state index >= 15 is 0 Å². The molecule has 0 amide bonds. The molecule has 19 aromatic rings. The van der Waals surface area contributed by atoms with Crippen molar-refractivity contribution in [3.63, 3.8) is 0 Å². The lowest BCUT2D eigenvalue weighted by Crippen LogP contribution is -2.59. The molecule has 6 heteroatoms. The van der Waals surface area contributed by atoms with Crippen LogP contribution in [0, 0.1) is 0 Å². The maximum atomic E-state index is 9.85. The second-order valence-corrected chi connectivity index (χ2v) is 35.1. The number of nitrogens with zero attached hydrogens (tertiary/aromatic N) is 3. The fourth-order valence-corrected chi connectivity index (χ4v) is 18.5. The Bertz CT molecular complexity index is 7720. The van der Waals surface area contributed by atoms with Gasteiger partial charge in [-0.1, -0.05) is 295 Å². The predicted molar refractivity (Wildman–Crippen MR) is 481 cm³/mol. The molecule has 0 saturated carbocycles. The minimum Gasteiger partial charge on any atom is -0.355 e. The third kappa shape index (κ3) is 10.4. The Kier molecular flexibility index (Phi) is 12.5. The molecule has 4 aromatic heterocycles. The molecule has 2 N–H and O–H groups in total. The quantitative estimate of drug-likeness (QED) is 0.139. The second kappa shape index (κ2) is 24.4. The molecule has 6 heterocycles. The van der Waals surface area contributed by atoms with Gasteiger partial charge >= 0.3 is 0 Å². The highest BCUT2D eigenvalue weighted by Gasteiger charge is 2.44. The molecule has 0 bridgehead atoms. The van der Waals surface area contributed by atoms with Crippen LogP contribution in [0.15, 0.2) is 303 Å². The van der Waals surface area contributed by atoms with E-state index < -0.39 is 43.0 Å². The van der Waals surface area contributed by atoms with Gasteiger partial charge in [-0.25, -0.2) is 0 Å². The van der Waals surface area contributed by atoms with Gasteiger partial charge in [0.1, 0.15) is 0 Å². The third-order valence-corrected chi connectivity index (χ3v) is 24.1. The summed E-state index contributed by atoms with van der Waals surface area (Å²) in [6.45, 7) is 26.6. The molecule has 15 aromatic carbocycles. The van der Waals surface area contributed by atoms with Gasteiger partial charge in [0.15, 0.2) is 0 Å². The van der Waals surface area contributed by atoms with Gasteiger partial charge in [-0.05, 0) is 207 Å². The van der Waals surface area contributed by atoms with Crippen molar-refractivity contribution in [3.8, 4) is 83.8 Å². The summed E-state index contributed by atoms with van der Waals surface area (Å²) in [5, 5.41) is 11.7. The van der Waals surface area contributed by atoms with Gasteiger partial charge in [-0.15, -0.1) is 0 Å². The van der Waals surface area contributed by atoms with Crippen LogP contribution < -0.4 is 21.7 Å². The normalized spacial score (nSPS) is 14.2. The first-order valence-electron chi connectivity index (χ1n) is 44.1. The monoisotopic (exact) mass is 1450 g/mol. The molecule has 0 radical (unpaired) electrons. The fraction of sp³-hybridized carbons (Fsp3) is 0.151. The summed E-state index contributed by atoms with van der Waals surface area (Å²) in [5.74, 6) is 0. The summed E-state index contributed by atoms with van der Waals surface area (Å²) in [7, 11) is 0. The lowest BCUT2D eigenvalue weighted by Gasteiger charge is -2.34. The van der Waals surface area contributed by atoms with E-state index in [9.17, 15) is 8.22 Å². The Morgan fingerprint density at radius 1 is 0.330 bits per heavy atom. The van der Waals surface area contributed by atoms with Crippen LogP contribution >= 0.6 is 0 Å². The molecule has 21 rings (SSSR count). The van der Waals surface area contributed by atoms with Crippen molar-refractivity contribution < 1.29 is 13.7 Å². The van der Waals surface area contributed by atoms with Gasteiger partial charge in [-0.2, -0.15) is 0 Å². The lowest BCUT2D eigenvalue weighted by atomic mass is 9.34. The Morgan fingerprint density at radius 2 is 0.830 bits per heavy atom. The van der Waals surface area contributed by atoms with Crippen molar-refractivity contribution in [1.82, 2.24) is 18.7 Å². The van der Waals surface area contributed by atoms with E-state index in [0.29, 0.717) is 21.9 Å². The molecule has 0 aliphatic carbocycles. The topological polar surface area (TPSA) is 42.6 Å². The van der Waals surface area contributed by atoms with Crippen molar-refractivity contribution in [2.75, 3.05) is 5.32 Å². The highest BCUT2D eigenvalue weighted by Crippen LogP contribution is 2.50. The van der Waals surface area contributed by atoms with Gasteiger partial charge in [-0.3, -0.25) is 0 Å². The van der Waals surface area contributed by atoms with E-state index in [-0.39, 0.29) is 57.0 Å². The van der Waals surface area contributed by atoms with E-state index in [2.05, 4.69) is 325 Å². The summed E-state index contributed by atoms with van der Waals surface area (Å²) in [5.41, 5.74) is 28.6. The van der Waals surface area contributed by atoms with E-state index in [1.54, 1.807) is 0 Å². The van der Waals surface area contributed by atoms with E-state index in [0.717, 1.165) is 166 Å². The van der Waals surface area contributed by atoms with Crippen LogP contribution in [-0.4, -0.2) is 25.4 Å². The Labute approximate surface area is 669 Å². The van der Waals surface area contributed by atoms with Crippen molar-refractivity contribution >= 4 is 122 Å². The number of H-pyrrole nitrogens is 1. The van der Waals surface area contributed by atoms with Crippen molar-refractivity contribution in [2.45, 2.75) is 105 Å². The molecular weight excluding hydrogens is 1350 g/mol. The number of fused-ring (bicyclic) bond motifs is 17. The number of anilines is 2. The molecular formula is C106H88BN5. The first-order valence-corrected chi connectivity index (χ1v) is 39.1. The number of aromatic amines is 1. The molecule has 0 unspecified atom stereocenters. The highest BCUT2D eigenvalue weighted by molar-refractivity contribution is 7.00. The zero-order chi connectivity index (χ0) is 84.9. The predicted octanol–water partition coefficient (Wildman–Crippen LogP) is 26.7. The minimum atomic E-state index is -0.657. The standard InChI is InChI=1S/C106H88BN5/c1-103(2,3)69-35-26-34-67(52-69)81-56-70(104(4,5)6)43-47-90(81)108-73-46-51-95-85(59-73)87-60-74(110-92-49-44-71(105(7,8)9)57-83(92)84-58-72(106(10,11)12)45-50-93(84)110)61-89-101(87)112(95)102-97-80-41-27-40-79(78-39-25-24-38-77(78)76-37-23-22-36-75(76)65-32-20-15-21-33-65)99(80)109-91(97)62-96-98(102)107(89)88-55-68(64-30-18-14-19-31-64)54-86-82-53-66(63-28-16-13-17-29-63)42-48-94(82)111(96)100(86)88/h13-62,108-109H,1-12H3/i13D,14D,16D,17D,18D,19D,28D,29D,30D,31D. The van der Waals surface area contributed by atoms with Gasteiger partial charge < -0.3 is 24.0 Å². The van der Waals surface area contributed by atoms with Crippen LogP contribution in [0.3, 0.4) is 0 Å². The van der Waals surface area contributed by atoms with E-state index in [1.807, 2.05) is 24.3 Å². The van der Waals surface area contributed by atoms with Gasteiger partial charge in [0.2, 0.25) is 0 Å². The number of benzene rings is 15. The third-order valence-electron chi connectivity index (χ3n) is 24.1. The van der Waals surface area contributed by atoms with Gasteiger partial charge in [0, 0.05) is 88.0 Å². The number of hydrogen-bond donors (Lipinski definition) is 2. The first kappa shape index (κ1) is 57.4. The number of para-hydroxylation sites is 1. The molecule has 5 nitrogen and oxygen atoms in total. The van der Waals surface area contributed by atoms with Crippen LogP contribution in [0.4, 0.5) is 11.4 Å². The lowest BCUT2D eigenvalue weighted by molar-refractivity contribution is 0.589. The largest absolute Gasteiger partial charge is 0.355 e. The summed E-state index contributed by atoms with van der Waals surface area (Å²) in [6.07, 6.45) is 0. The molecule has 540 valence electrons. The fourth-order valence-electron chi connectivity index (χ4n) is 18.5. The van der Waals surface area contributed by atoms with Crippen molar-refractivity contribution in [3.05, 3.63) is 325 Å². The molecule has 2 aliphatic rings. The summed E-state index contributed by atoms with van der Waals surface area (Å²) in [6, 6.07) is 83.7. The summed E-state index contributed by atoms with van der Waals surface area (Å²) < 4.78 is 100.0. The summed E-state index contributed by atoms with van der Waals surface area (Å²) >= 11 is 0. The molecule has 0 fully saturated rings. The second-order valence-electron chi connectivity index (χ2n) is 35.1. The number of aromatic nitrogens is 4. The number of nitrogens with one attached hydrogen (secondary N) is 2. The zero-order valence-corrected chi connectivity index (χ0v) is 65.0. The maximum absolute atomic E-state index is 9.85.